The topological polar surface area (TPSA) is 70.1 Å². The van der Waals surface area contributed by atoms with Gasteiger partial charge in [-0.3, -0.25) is 9.59 Å². The van der Waals surface area contributed by atoms with Crippen LogP contribution in [0.5, 0.6) is 5.75 Å². The van der Waals surface area contributed by atoms with Gasteiger partial charge in [-0.2, -0.15) is 0 Å². The number of amides is 1. The monoisotopic (exact) mass is 422 g/mol. The van der Waals surface area contributed by atoms with E-state index in [9.17, 15) is 14.7 Å². The molecule has 1 heterocycles. The van der Waals surface area contributed by atoms with Gasteiger partial charge in [0.15, 0.2) is 0 Å². The molecule has 1 fully saturated rings. The Hall–Kier alpha value is -3.12. The summed E-state index contributed by atoms with van der Waals surface area (Å²) in [5.41, 5.74) is 1.38. The van der Waals surface area contributed by atoms with Gasteiger partial charge in [-0.25, -0.2) is 0 Å². The van der Waals surface area contributed by atoms with E-state index in [1.54, 1.807) is 29.2 Å². The van der Waals surface area contributed by atoms with E-state index in [-0.39, 0.29) is 11.3 Å². The van der Waals surface area contributed by atoms with Crippen LogP contribution in [0.25, 0.3) is 5.76 Å². The van der Waals surface area contributed by atoms with Gasteiger partial charge in [-0.15, -0.1) is 0 Å². The molecule has 2 aromatic carbocycles. The molecule has 0 bridgehead atoms. The van der Waals surface area contributed by atoms with Crippen molar-refractivity contribution in [1.82, 2.24) is 9.80 Å². The maximum Gasteiger partial charge on any atom is 0.295 e. The second-order valence-electron chi connectivity index (χ2n) is 8.44. The molecule has 2 aromatic rings. The number of hydrogen-bond acceptors (Lipinski definition) is 5. The Bertz CT molecular complexity index is 949. The Morgan fingerprint density at radius 2 is 1.71 bits per heavy atom. The minimum absolute atomic E-state index is 0.116. The van der Waals surface area contributed by atoms with Gasteiger partial charge in [0.05, 0.1) is 18.2 Å². The number of carbonyl (C=O) groups is 2. The van der Waals surface area contributed by atoms with Crippen LogP contribution in [0, 0.1) is 5.92 Å². The average Bonchev–Trinajstić information content (AvgIpc) is 3.01. The maximum absolute atomic E-state index is 13.0. The fourth-order valence-corrected chi connectivity index (χ4v) is 3.53. The third-order valence-corrected chi connectivity index (χ3v) is 5.15. The summed E-state index contributed by atoms with van der Waals surface area (Å²) < 4.78 is 5.70. The molecule has 1 atom stereocenters. The summed E-state index contributed by atoms with van der Waals surface area (Å²) in [6.45, 7) is 5.72. The van der Waals surface area contributed by atoms with Crippen molar-refractivity contribution in [2.24, 2.45) is 5.92 Å². The predicted molar refractivity (Wildman–Crippen MR) is 121 cm³/mol. The first-order valence-corrected chi connectivity index (χ1v) is 10.5. The molecule has 1 amide bonds. The zero-order chi connectivity index (χ0) is 22.5. The lowest BCUT2D eigenvalue weighted by Gasteiger charge is -2.26. The lowest BCUT2D eigenvalue weighted by atomic mass is 9.95. The highest BCUT2D eigenvalue weighted by Crippen LogP contribution is 2.39. The van der Waals surface area contributed by atoms with E-state index in [1.165, 1.54) is 0 Å². The van der Waals surface area contributed by atoms with Crippen molar-refractivity contribution < 1.29 is 19.4 Å². The molecular weight excluding hydrogens is 392 g/mol. The zero-order valence-corrected chi connectivity index (χ0v) is 18.5. The van der Waals surface area contributed by atoms with Crippen LogP contribution >= 0.6 is 0 Å². The van der Waals surface area contributed by atoms with Crippen LogP contribution < -0.4 is 4.74 Å². The zero-order valence-electron chi connectivity index (χ0n) is 18.5. The first kappa shape index (κ1) is 22.6. The van der Waals surface area contributed by atoms with Crippen LogP contribution in [0.4, 0.5) is 0 Å². The van der Waals surface area contributed by atoms with E-state index in [1.807, 2.05) is 49.3 Å². The smallest absolute Gasteiger partial charge is 0.295 e. The van der Waals surface area contributed by atoms with Crippen LogP contribution in [0.3, 0.4) is 0 Å². The van der Waals surface area contributed by atoms with Crippen molar-refractivity contribution >= 4 is 17.4 Å². The lowest BCUT2D eigenvalue weighted by Crippen LogP contribution is -2.35. The van der Waals surface area contributed by atoms with Crippen LogP contribution in [0.15, 0.2) is 60.2 Å². The molecule has 164 valence electrons. The summed E-state index contributed by atoms with van der Waals surface area (Å²) in [5.74, 6) is -0.331. The van der Waals surface area contributed by atoms with Gasteiger partial charge in [0, 0.05) is 18.7 Å². The molecule has 6 nitrogen and oxygen atoms in total. The first-order chi connectivity index (χ1) is 14.8. The van der Waals surface area contributed by atoms with Crippen LogP contribution in [-0.2, 0) is 9.59 Å². The highest BCUT2D eigenvalue weighted by Gasteiger charge is 2.45. The number of Topliss-reactive ketones (excluding diaryl/α,β-unsaturated/α-hetero) is 1. The number of likely N-dealkylation sites (N-methyl/N-ethyl adjacent to an activating group) is 1. The van der Waals surface area contributed by atoms with Crippen molar-refractivity contribution in [1.29, 1.82) is 0 Å². The third kappa shape index (κ3) is 5.14. The Morgan fingerprint density at radius 1 is 1.06 bits per heavy atom. The fraction of sp³-hybridized carbons (Fsp3) is 0.360. The average molecular weight is 423 g/mol. The Labute approximate surface area is 183 Å². The lowest BCUT2D eigenvalue weighted by molar-refractivity contribution is -0.140. The van der Waals surface area contributed by atoms with E-state index in [4.69, 9.17) is 4.74 Å². The van der Waals surface area contributed by atoms with Gasteiger partial charge in [0.1, 0.15) is 11.5 Å². The number of rotatable bonds is 8. The maximum atomic E-state index is 13.0. The summed E-state index contributed by atoms with van der Waals surface area (Å²) in [5, 5.41) is 11.1. The SMILES string of the molecule is CC(C)COc1ccc(C(O)=C2C(=O)C(=O)N(CCN(C)C)[C@@H]2c2ccccc2)cc1. The second kappa shape index (κ2) is 9.79. The van der Waals surface area contributed by atoms with Gasteiger partial charge in [-0.1, -0.05) is 44.2 Å². The summed E-state index contributed by atoms with van der Waals surface area (Å²) in [7, 11) is 3.83. The number of likely N-dealkylation sites (tertiary alicyclic amines) is 1. The van der Waals surface area contributed by atoms with Crippen LogP contribution in [0.1, 0.15) is 31.0 Å². The van der Waals surface area contributed by atoms with Crippen molar-refractivity contribution in [3.63, 3.8) is 0 Å². The van der Waals surface area contributed by atoms with Gasteiger partial charge in [0.2, 0.25) is 0 Å². The third-order valence-electron chi connectivity index (χ3n) is 5.15. The molecule has 0 saturated carbocycles. The van der Waals surface area contributed by atoms with E-state index < -0.39 is 17.7 Å². The number of nitrogens with zero attached hydrogens (tertiary/aromatic N) is 2. The molecule has 0 aliphatic carbocycles. The normalized spacial score (nSPS) is 18.3. The highest BCUT2D eigenvalue weighted by molar-refractivity contribution is 6.46. The number of aliphatic hydroxyl groups excluding tert-OH is 1. The first-order valence-electron chi connectivity index (χ1n) is 10.5. The summed E-state index contributed by atoms with van der Waals surface area (Å²) >= 11 is 0. The number of ketones is 1. The molecular formula is C25H30N2O4. The summed E-state index contributed by atoms with van der Waals surface area (Å²) in [6, 6.07) is 15.7. The van der Waals surface area contributed by atoms with E-state index in [0.717, 1.165) is 5.56 Å². The molecule has 0 spiro atoms. The van der Waals surface area contributed by atoms with Crippen molar-refractivity contribution in [3.8, 4) is 5.75 Å². The summed E-state index contributed by atoms with van der Waals surface area (Å²) in [4.78, 5) is 29.3. The molecule has 31 heavy (non-hydrogen) atoms. The van der Waals surface area contributed by atoms with Gasteiger partial charge < -0.3 is 19.6 Å². The molecule has 1 aliphatic rings. The van der Waals surface area contributed by atoms with E-state index in [0.29, 0.717) is 36.9 Å². The Morgan fingerprint density at radius 3 is 2.29 bits per heavy atom. The number of ether oxygens (including phenoxy) is 1. The van der Waals surface area contributed by atoms with Gasteiger partial charge in [-0.05, 0) is 49.8 Å². The van der Waals surface area contributed by atoms with E-state index >= 15 is 0 Å². The number of carbonyl (C=O) groups excluding carboxylic acids is 2. The molecule has 1 saturated heterocycles. The summed E-state index contributed by atoms with van der Waals surface area (Å²) in [6.07, 6.45) is 0. The fourth-order valence-electron chi connectivity index (χ4n) is 3.53. The molecule has 1 N–H and O–H groups in total. The molecule has 0 radical (unpaired) electrons. The highest BCUT2D eigenvalue weighted by atomic mass is 16.5. The standard InChI is InChI=1S/C25H30N2O4/c1-17(2)16-31-20-12-10-19(11-13-20)23(28)21-22(18-8-6-5-7-9-18)27(15-14-26(3)4)25(30)24(21)29/h5-13,17,22,28H,14-16H2,1-4H3/t22-/m1/s1. The van der Waals surface area contributed by atoms with E-state index in [2.05, 4.69) is 13.8 Å². The van der Waals surface area contributed by atoms with Gasteiger partial charge in [0.25, 0.3) is 11.7 Å². The molecule has 0 aromatic heterocycles. The second-order valence-corrected chi connectivity index (χ2v) is 8.44. The van der Waals surface area contributed by atoms with Crippen molar-refractivity contribution in [3.05, 3.63) is 71.3 Å². The largest absolute Gasteiger partial charge is 0.507 e. The Balaban J connectivity index is 2.00. The molecule has 0 unspecified atom stereocenters. The Kier molecular flexibility index (Phi) is 7.13. The number of aliphatic hydroxyl groups is 1. The van der Waals surface area contributed by atoms with Crippen molar-refractivity contribution in [2.75, 3.05) is 33.8 Å². The predicted octanol–water partition coefficient (Wildman–Crippen LogP) is 3.70. The number of benzene rings is 2. The minimum atomic E-state index is -0.662. The van der Waals surface area contributed by atoms with Crippen LogP contribution in [-0.4, -0.2) is 60.4 Å². The molecule has 6 heteroatoms. The van der Waals surface area contributed by atoms with Crippen molar-refractivity contribution in [2.45, 2.75) is 19.9 Å². The number of hydrogen-bond donors (Lipinski definition) is 1. The quantitative estimate of drug-likeness (QED) is 0.399. The minimum Gasteiger partial charge on any atom is -0.507 e. The molecule has 1 aliphatic heterocycles. The molecule has 3 rings (SSSR count). The van der Waals surface area contributed by atoms with Gasteiger partial charge >= 0.3 is 0 Å². The van der Waals surface area contributed by atoms with Crippen LogP contribution in [0.2, 0.25) is 0 Å².